The van der Waals surface area contributed by atoms with Crippen LogP contribution in [-0.2, 0) is 9.47 Å². The van der Waals surface area contributed by atoms with Gasteiger partial charge in [-0.25, -0.2) is 0 Å². The monoisotopic (exact) mass is 274 g/mol. The summed E-state index contributed by atoms with van der Waals surface area (Å²) in [6, 6.07) is 0. The summed E-state index contributed by atoms with van der Waals surface area (Å²) in [5, 5.41) is 0. The van der Waals surface area contributed by atoms with Gasteiger partial charge in [0.2, 0.25) is 0 Å². The summed E-state index contributed by atoms with van der Waals surface area (Å²) in [5.41, 5.74) is 0. The highest BCUT2D eigenvalue weighted by atomic mass is 31.1. The van der Waals surface area contributed by atoms with Crippen LogP contribution in [0.15, 0.2) is 0 Å². The first-order chi connectivity index (χ1) is 8.36. The molecule has 0 aromatic heterocycles. The highest BCUT2D eigenvalue weighted by molar-refractivity contribution is 7.39. The molecular formula is C15H31O2P. The van der Waals surface area contributed by atoms with Gasteiger partial charge in [0, 0.05) is 6.42 Å². The first-order valence-electron chi connectivity index (χ1n) is 7.43. The minimum absolute atomic E-state index is 0.0266. The van der Waals surface area contributed by atoms with E-state index in [2.05, 4.69) is 41.5 Å². The fourth-order valence-corrected chi connectivity index (χ4v) is 4.37. The fraction of sp³-hybridized carbons (Fsp3) is 1.00. The molecule has 1 aliphatic heterocycles. The lowest BCUT2D eigenvalue weighted by molar-refractivity contribution is -0.187. The lowest BCUT2D eigenvalue weighted by Crippen LogP contribution is -2.34. The quantitative estimate of drug-likeness (QED) is 0.646. The van der Waals surface area contributed by atoms with E-state index >= 15 is 0 Å². The third kappa shape index (κ3) is 6.50. The van der Waals surface area contributed by atoms with Gasteiger partial charge in [0.25, 0.3) is 0 Å². The van der Waals surface area contributed by atoms with Gasteiger partial charge in [-0.1, -0.05) is 50.1 Å². The number of ether oxygens (including phenoxy) is 2. The van der Waals surface area contributed by atoms with Gasteiger partial charge < -0.3 is 9.47 Å². The molecule has 2 unspecified atom stereocenters. The highest BCUT2D eigenvalue weighted by Gasteiger charge is 2.30. The standard InChI is InChI=1S/C15H31O2P/c1-10(2)7-13-16-14(8-11(3)4)18-15(17-13)9-12(5)6/h10-15,18H,7-9H2,1-6H3. The van der Waals surface area contributed by atoms with Gasteiger partial charge in [0.1, 0.15) is 0 Å². The molecule has 1 saturated heterocycles. The topological polar surface area (TPSA) is 18.5 Å². The molecule has 0 spiro atoms. The summed E-state index contributed by atoms with van der Waals surface area (Å²) >= 11 is 0. The Bertz CT molecular complexity index is 184. The molecular weight excluding hydrogens is 243 g/mol. The second kappa shape index (κ2) is 7.82. The molecule has 3 heteroatoms. The molecule has 2 nitrogen and oxygen atoms in total. The molecule has 0 aromatic carbocycles. The molecule has 0 radical (unpaired) electrons. The van der Waals surface area contributed by atoms with E-state index in [1.807, 2.05) is 0 Å². The zero-order valence-corrected chi connectivity index (χ0v) is 13.9. The van der Waals surface area contributed by atoms with E-state index in [0.29, 0.717) is 29.4 Å². The van der Waals surface area contributed by atoms with Crippen LogP contribution in [0, 0.1) is 17.8 Å². The van der Waals surface area contributed by atoms with Crippen LogP contribution in [0.1, 0.15) is 60.8 Å². The van der Waals surface area contributed by atoms with Crippen molar-refractivity contribution in [1.29, 1.82) is 0 Å². The molecule has 2 atom stereocenters. The smallest absolute Gasteiger partial charge is 0.159 e. The summed E-state index contributed by atoms with van der Waals surface area (Å²) in [5.74, 6) is 2.90. The molecule has 0 amide bonds. The SMILES string of the molecule is CC(C)CC1OC(CC(C)C)PC(CC(C)C)O1. The fourth-order valence-electron chi connectivity index (χ4n) is 2.28. The molecule has 0 saturated carbocycles. The summed E-state index contributed by atoms with van der Waals surface area (Å²) < 4.78 is 12.2. The Morgan fingerprint density at radius 2 is 1.11 bits per heavy atom. The predicted octanol–water partition coefficient (Wildman–Crippen LogP) is 4.83. The Morgan fingerprint density at radius 1 is 0.722 bits per heavy atom. The molecule has 1 rings (SSSR count). The van der Waals surface area contributed by atoms with Crippen molar-refractivity contribution in [2.45, 2.75) is 78.8 Å². The third-order valence-electron chi connectivity index (χ3n) is 3.04. The molecule has 0 aromatic rings. The van der Waals surface area contributed by atoms with Gasteiger partial charge in [0.15, 0.2) is 6.29 Å². The van der Waals surface area contributed by atoms with Crippen molar-refractivity contribution < 1.29 is 9.47 Å². The zero-order valence-electron chi connectivity index (χ0n) is 12.9. The van der Waals surface area contributed by atoms with Crippen molar-refractivity contribution in [1.82, 2.24) is 0 Å². The highest BCUT2D eigenvalue weighted by Crippen LogP contribution is 2.41. The van der Waals surface area contributed by atoms with E-state index in [1.54, 1.807) is 0 Å². The number of hydrogen-bond donors (Lipinski definition) is 0. The van der Waals surface area contributed by atoms with Crippen molar-refractivity contribution in [2.75, 3.05) is 0 Å². The van der Waals surface area contributed by atoms with Crippen LogP contribution in [0.5, 0.6) is 0 Å². The van der Waals surface area contributed by atoms with Crippen LogP contribution in [0.4, 0.5) is 0 Å². The van der Waals surface area contributed by atoms with Crippen molar-refractivity contribution in [2.24, 2.45) is 17.8 Å². The van der Waals surface area contributed by atoms with Crippen LogP contribution in [-0.4, -0.2) is 18.0 Å². The normalized spacial score (nSPS) is 30.8. The summed E-state index contributed by atoms with van der Waals surface area (Å²) in [7, 11) is 0.808. The second-order valence-corrected chi connectivity index (χ2v) is 8.36. The average molecular weight is 274 g/mol. The van der Waals surface area contributed by atoms with E-state index < -0.39 is 0 Å². The van der Waals surface area contributed by atoms with E-state index in [4.69, 9.17) is 9.47 Å². The third-order valence-corrected chi connectivity index (χ3v) is 4.53. The Balaban J connectivity index is 2.54. The first-order valence-corrected chi connectivity index (χ1v) is 8.59. The van der Waals surface area contributed by atoms with Crippen LogP contribution in [0.2, 0.25) is 0 Å². The second-order valence-electron chi connectivity index (χ2n) is 6.73. The van der Waals surface area contributed by atoms with E-state index in [-0.39, 0.29) is 6.29 Å². The predicted molar refractivity (Wildman–Crippen MR) is 80.2 cm³/mol. The molecule has 108 valence electrons. The van der Waals surface area contributed by atoms with Crippen molar-refractivity contribution in [3.8, 4) is 0 Å². The van der Waals surface area contributed by atoms with Gasteiger partial charge in [-0.15, -0.1) is 0 Å². The van der Waals surface area contributed by atoms with E-state index in [9.17, 15) is 0 Å². The summed E-state index contributed by atoms with van der Waals surface area (Å²) in [6.45, 7) is 13.6. The number of hydrogen-bond acceptors (Lipinski definition) is 2. The summed E-state index contributed by atoms with van der Waals surface area (Å²) in [6.07, 6.45) is 3.39. The maximum absolute atomic E-state index is 6.11. The Morgan fingerprint density at radius 3 is 1.44 bits per heavy atom. The van der Waals surface area contributed by atoms with Gasteiger partial charge in [-0.05, 0) is 30.6 Å². The number of rotatable bonds is 6. The molecule has 18 heavy (non-hydrogen) atoms. The molecule has 1 aliphatic rings. The van der Waals surface area contributed by atoms with Crippen molar-refractivity contribution in [3.05, 3.63) is 0 Å². The molecule has 0 bridgehead atoms. The van der Waals surface area contributed by atoms with Crippen LogP contribution in [0.3, 0.4) is 0 Å². The zero-order chi connectivity index (χ0) is 13.7. The van der Waals surface area contributed by atoms with Gasteiger partial charge in [-0.3, -0.25) is 0 Å². The Hall–Kier alpha value is 0.350. The molecule has 0 aliphatic carbocycles. The van der Waals surface area contributed by atoms with Crippen molar-refractivity contribution in [3.63, 3.8) is 0 Å². The molecule has 1 fully saturated rings. The Labute approximate surface area is 115 Å². The van der Waals surface area contributed by atoms with Crippen LogP contribution >= 0.6 is 8.58 Å². The van der Waals surface area contributed by atoms with Gasteiger partial charge in [-0.2, -0.15) is 0 Å². The Kier molecular flexibility index (Phi) is 7.13. The largest absolute Gasteiger partial charge is 0.345 e. The minimum Gasteiger partial charge on any atom is -0.345 e. The maximum atomic E-state index is 6.11. The van der Waals surface area contributed by atoms with E-state index in [1.165, 1.54) is 12.8 Å². The molecule has 1 heterocycles. The van der Waals surface area contributed by atoms with E-state index in [0.717, 1.165) is 15.0 Å². The first kappa shape index (κ1) is 16.4. The van der Waals surface area contributed by atoms with Gasteiger partial charge >= 0.3 is 0 Å². The maximum Gasteiger partial charge on any atom is 0.159 e. The van der Waals surface area contributed by atoms with Gasteiger partial charge in [0.05, 0.1) is 11.7 Å². The molecule has 0 N–H and O–H groups in total. The van der Waals surface area contributed by atoms with Crippen LogP contribution < -0.4 is 0 Å². The van der Waals surface area contributed by atoms with Crippen LogP contribution in [0.25, 0.3) is 0 Å². The summed E-state index contributed by atoms with van der Waals surface area (Å²) in [4.78, 5) is 0. The minimum atomic E-state index is 0.0266. The lowest BCUT2D eigenvalue weighted by Gasteiger charge is -2.38. The lowest BCUT2D eigenvalue weighted by atomic mass is 10.1. The van der Waals surface area contributed by atoms with Crippen molar-refractivity contribution >= 4 is 8.58 Å². The average Bonchev–Trinajstić information content (AvgIpc) is 2.12.